The first-order valence-electron chi connectivity index (χ1n) is 6.40. The van der Waals surface area contributed by atoms with Gasteiger partial charge in [0.05, 0.1) is 29.1 Å². The fourth-order valence-corrected chi connectivity index (χ4v) is 3.52. The molecule has 9 heteroatoms. The summed E-state index contributed by atoms with van der Waals surface area (Å²) in [5.74, 6) is -1.49. The van der Waals surface area contributed by atoms with Crippen LogP contribution in [0.1, 0.15) is 16.8 Å². The summed E-state index contributed by atoms with van der Waals surface area (Å²) in [6.07, 6.45) is 0.0647. The highest BCUT2D eigenvalue weighted by molar-refractivity contribution is 7.89. The van der Waals surface area contributed by atoms with E-state index in [0.29, 0.717) is 5.69 Å². The van der Waals surface area contributed by atoms with Crippen LogP contribution in [0.25, 0.3) is 0 Å². The van der Waals surface area contributed by atoms with Crippen LogP contribution in [0.15, 0.2) is 18.2 Å². The molecular weight excluding hydrogens is 332 g/mol. The minimum atomic E-state index is -3.66. The molecule has 1 amide bonds. The number of sulfonamides is 1. The third-order valence-corrected chi connectivity index (χ3v) is 4.59. The molecule has 1 aromatic rings. The van der Waals surface area contributed by atoms with Crippen molar-refractivity contribution < 1.29 is 22.7 Å². The monoisotopic (exact) mass is 346 g/mol. The lowest BCUT2D eigenvalue weighted by atomic mass is 10.1. The number of amides is 1. The zero-order valence-electron chi connectivity index (χ0n) is 11.8. The summed E-state index contributed by atoms with van der Waals surface area (Å²) in [7, 11) is -2.41. The number of methoxy groups -OCH3 is 1. The van der Waals surface area contributed by atoms with Crippen LogP contribution in [0.5, 0.6) is 0 Å². The number of anilines is 1. The predicted molar refractivity (Wildman–Crippen MR) is 81.2 cm³/mol. The number of primary sulfonamides is 1. The van der Waals surface area contributed by atoms with E-state index in [1.165, 1.54) is 30.2 Å². The number of benzene rings is 1. The molecule has 2 rings (SSSR count). The molecule has 1 heterocycles. The van der Waals surface area contributed by atoms with Gasteiger partial charge in [0.1, 0.15) is 0 Å². The van der Waals surface area contributed by atoms with Gasteiger partial charge in [0.2, 0.25) is 15.9 Å². The molecular formula is C13H15ClN2O5S. The maximum Gasteiger partial charge on any atom is 0.337 e. The standard InChI is InChI=1S/C13H15ClN2O5S/c1-21-13(18)9-2-3-10(14)11(5-9)16-6-8(4-12(16)17)7-22(15,19)20/h2-3,5,8H,4,6-7H2,1H3,(H2,15,19,20). The molecule has 0 bridgehead atoms. The number of nitrogens with zero attached hydrogens (tertiary/aromatic N) is 1. The third-order valence-electron chi connectivity index (χ3n) is 3.33. The Balaban J connectivity index is 2.28. The van der Waals surface area contributed by atoms with E-state index in [9.17, 15) is 18.0 Å². The van der Waals surface area contributed by atoms with Gasteiger partial charge in [0, 0.05) is 18.9 Å². The lowest BCUT2D eigenvalue weighted by molar-refractivity contribution is -0.117. The van der Waals surface area contributed by atoms with E-state index in [1.54, 1.807) is 0 Å². The molecule has 0 radical (unpaired) electrons. The van der Waals surface area contributed by atoms with Gasteiger partial charge in [-0.3, -0.25) is 4.79 Å². The van der Waals surface area contributed by atoms with Crippen molar-refractivity contribution in [2.24, 2.45) is 11.1 Å². The second kappa shape index (κ2) is 6.23. The minimum absolute atomic E-state index is 0.0647. The van der Waals surface area contributed by atoms with Crippen molar-refractivity contribution in [3.8, 4) is 0 Å². The first kappa shape index (κ1) is 16.7. The van der Waals surface area contributed by atoms with Crippen molar-refractivity contribution in [2.75, 3.05) is 24.3 Å². The van der Waals surface area contributed by atoms with Crippen molar-refractivity contribution in [1.29, 1.82) is 0 Å². The number of esters is 1. The number of hydrogen-bond donors (Lipinski definition) is 1. The van der Waals surface area contributed by atoms with Crippen molar-refractivity contribution in [1.82, 2.24) is 0 Å². The molecule has 0 spiro atoms. The van der Waals surface area contributed by atoms with Crippen molar-refractivity contribution >= 4 is 39.2 Å². The molecule has 1 aromatic carbocycles. The Hall–Kier alpha value is -1.64. The molecule has 0 aliphatic carbocycles. The van der Waals surface area contributed by atoms with E-state index < -0.39 is 21.9 Å². The number of rotatable bonds is 4. The largest absolute Gasteiger partial charge is 0.465 e. The van der Waals surface area contributed by atoms with Crippen LogP contribution >= 0.6 is 11.6 Å². The first-order valence-corrected chi connectivity index (χ1v) is 8.49. The highest BCUT2D eigenvalue weighted by Crippen LogP contribution is 2.32. The molecule has 1 atom stereocenters. The van der Waals surface area contributed by atoms with E-state index in [0.717, 1.165) is 0 Å². The first-order chi connectivity index (χ1) is 10.2. The van der Waals surface area contributed by atoms with Gasteiger partial charge in [-0.1, -0.05) is 11.6 Å². The third kappa shape index (κ3) is 3.76. The number of carbonyl (C=O) groups excluding carboxylic acids is 2. The van der Waals surface area contributed by atoms with E-state index in [-0.39, 0.29) is 35.2 Å². The topological polar surface area (TPSA) is 107 Å². The van der Waals surface area contributed by atoms with E-state index in [1.807, 2.05) is 0 Å². The molecule has 2 N–H and O–H groups in total. The molecule has 120 valence electrons. The highest BCUT2D eigenvalue weighted by Gasteiger charge is 2.34. The van der Waals surface area contributed by atoms with Crippen molar-refractivity contribution in [3.63, 3.8) is 0 Å². The van der Waals surface area contributed by atoms with Crippen LogP contribution in [0.4, 0.5) is 5.69 Å². The molecule has 22 heavy (non-hydrogen) atoms. The second-order valence-electron chi connectivity index (χ2n) is 5.06. The predicted octanol–water partition coefficient (Wildman–Crippen LogP) is 0.768. The van der Waals surface area contributed by atoms with Crippen LogP contribution in [-0.4, -0.2) is 39.7 Å². The highest BCUT2D eigenvalue weighted by atomic mass is 35.5. The fraction of sp³-hybridized carbons (Fsp3) is 0.385. The average Bonchev–Trinajstić information content (AvgIpc) is 2.76. The Morgan fingerprint density at radius 1 is 1.50 bits per heavy atom. The molecule has 0 saturated carbocycles. The van der Waals surface area contributed by atoms with Crippen LogP contribution < -0.4 is 10.0 Å². The molecule has 7 nitrogen and oxygen atoms in total. The minimum Gasteiger partial charge on any atom is -0.465 e. The molecule has 0 aromatic heterocycles. The van der Waals surface area contributed by atoms with E-state index in [2.05, 4.69) is 4.74 Å². The van der Waals surface area contributed by atoms with Gasteiger partial charge >= 0.3 is 5.97 Å². The normalized spacial score (nSPS) is 18.6. The zero-order chi connectivity index (χ0) is 16.5. The summed E-state index contributed by atoms with van der Waals surface area (Å²) < 4.78 is 26.9. The number of ether oxygens (including phenoxy) is 1. The smallest absolute Gasteiger partial charge is 0.337 e. The van der Waals surface area contributed by atoms with Gasteiger partial charge in [-0.2, -0.15) is 0 Å². The molecule has 1 fully saturated rings. The van der Waals surface area contributed by atoms with E-state index >= 15 is 0 Å². The SMILES string of the molecule is COC(=O)c1ccc(Cl)c(N2CC(CS(N)(=O)=O)CC2=O)c1. The quantitative estimate of drug-likeness (QED) is 0.810. The maximum absolute atomic E-state index is 12.1. The van der Waals surface area contributed by atoms with Gasteiger partial charge in [0.25, 0.3) is 0 Å². The summed E-state index contributed by atoms with van der Waals surface area (Å²) in [5.41, 5.74) is 0.607. The van der Waals surface area contributed by atoms with Crippen LogP contribution in [-0.2, 0) is 19.6 Å². The lowest BCUT2D eigenvalue weighted by Gasteiger charge is -2.19. The Bertz CT molecular complexity index is 719. The van der Waals surface area contributed by atoms with Gasteiger partial charge < -0.3 is 9.64 Å². The number of halogens is 1. The summed E-state index contributed by atoms with van der Waals surface area (Å²) >= 11 is 6.08. The number of carbonyl (C=O) groups is 2. The summed E-state index contributed by atoms with van der Waals surface area (Å²) in [6.45, 7) is 0.180. The molecule has 1 unspecified atom stereocenters. The lowest BCUT2D eigenvalue weighted by Crippen LogP contribution is -2.27. The fourth-order valence-electron chi connectivity index (χ4n) is 2.42. The van der Waals surface area contributed by atoms with Crippen LogP contribution in [0.2, 0.25) is 5.02 Å². The van der Waals surface area contributed by atoms with Gasteiger partial charge in [-0.25, -0.2) is 18.4 Å². The van der Waals surface area contributed by atoms with Crippen LogP contribution in [0, 0.1) is 5.92 Å². The second-order valence-corrected chi connectivity index (χ2v) is 7.13. The zero-order valence-corrected chi connectivity index (χ0v) is 13.4. The molecule has 1 aliphatic rings. The summed E-state index contributed by atoms with van der Waals surface area (Å²) in [4.78, 5) is 25.0. The maximum atomic E-state index is 12.1. The van der Waals surface area contributed by atoms with Gasteiger partial charge in [-0.05, 0) is 18.2 Å². The Morgan fingerprint density at radius 2 is 2.18 bits per heavy atom. The average molecular weight is 347 g/mol. The van der Waals surface area contributed by atoms with Gasteiger partial charge in [0.15, 0.2) is 0 Å². The van der Waals surface area contributed by atoms with Crippen molar-refractivity contribution in [2.45, 2.75) is 6.42 Å². The Labute approximate surface area is 133 Å². The number of hydrogen-bond acceptors (Lipinski definition) is 5. The summed E-state index contributed by atoms with van der Waals surface area (Å²) in [5, 5.41) is 5.30. The molecule has 1 aliphatic heterocycles. The summed E-state index contributed by atoms with van der Waals surface area (Å²) in [6, 6.07) is 4.43. The van der Waals surface area contributed by atoms with E-state index in [4.69, 9.17) is 16.7 Å². The van der Waals surface area contributed by atoms with Gasteiger partial charge in [-0.15, -0.1) is 0 Å². The Kier molecular flexibility index (Phi) is 4.74. The van der Waals surface area contributed by atoms with Crippen molar-refractivity contribution in [3.05, 3.63) is 28.8 Å². The molecule has 1 saturated heterocycles. The van der Waals surface area contributed by atoms with Crippen LogP contribution in [0.3, 0.4) is 0 Å². The Morgan fingerprint density at radius 3 is 2.77 bits per heavy atom. The number of nitrogens with two attached hydrogens (primary N) is 1.